The zero-order valence-corrected chi connectivity index (χ0v) is 19.3. The van der Waals surface area contributed by atoms with E-state index in [0.29, 0.717) is 17.5 Å². The maximum atomic E-state index is 13.2. The summed E-state index contributed by atoms with van der Waals surface area (Å²) >= 11 is 0. The molecule has 1 aromatic heterocycles. The maximum absolute atomic E-state index is 13.2. The predicted molar refractivity (Wildman–Crippen MR) is 133 cm³/mol. The van der Waals surface area contributed by atoms with Crippen LogP contribution in [0.3, 0.4) is 0 Å². The number of ether oxygens (including phenoxy) is 1. The van der Waals surface area contributed by atoms with E-state index in [1.807, 2.05) is 42.6 Å². The summed E-state index contributed by atoms with van der Waals surface area (Å²) in [5.74, 6) is -0.107. The number of fused-ring (bicyclic) bond motifs is 1. The second-order valence-corrected chi connectivity index (χ2v) is 9.30. The predicted octanol–water partition coefficient (Wildman–Crippen LogP) is 2.92. The lowest BCUT2D eigenvalue weighted by atomic mass is 9.93. The molecule has 5 rings (SSSR count). The van der Waals surface area contributed by atoms with Crippen molar-refractivity contribution in [3.8, 4) is 0 Å². The fraction of sp³-hybridized carbons (Fsp3) is 0.407. The topological polar surface area (TPSA) is 83.8 Å². The van der Waals surface area contributed by atoms with Gasteiger partial charge in [-0.3, -0.25) is 9.59 Å². The Bertz CT molecular complexity index is 1220. The highest BCUT2D eigenvalue weighted by molar-refractivity contribution is 5.94. The van der Waals surface area contributed by atoms with E-state index in [-0.39, 0.29) is 23.6 Å². The molecule has 0 radical (unpaired) electrons. The number of benzene rings is 2. The van der Waals surface area contributed by atoms with Crippen LogP contribution in [0, 0.1) is 0 Å². The third-order valence-corrected chi connectivity index (χ3v) is 6.91. The molecule has 0 atom stereocenters. The highest BCUT2D eigenvalue weighted by Crippen LogP contribution is 2.22. The number of anilines is 1. The number of aliphatic hydroxyl groups is 1. The van der Waals surface area contributed by atoms with Gasteiger partial charge in [-0.1, -0.05) is 12.1 Å². The monoisotopic (exact) mass is 461 g/mol. The van der Waals surface area contributed by atoms with Crippen LogP contribution in [0.2, 0.25) is 0 Å². The van der Waals surface area contributed by atoms with Crippen molar-refractivity contribution in [3.05, 3.63) is 76.2 Å². The molecular formula is C27H31N3O4. The molecular weight excluding hydrogens is 430 g/mol. The summed E-state index contributed by atoms with van der Waals surface area (Å²) < 4.78 is 7.13. The van der Waals surface area contributed by atoms with Crippen LogP contribution >= 0.6 is 0 Å². The van der Waals surface area contributed by atoms with E-state index in [9.17, 15) is 14.7 Å². The molecule has 34 heavy (non-hydrogen) atoms. The Kier molecular flexibility index (Phi) is 6.65. The Morgan fingerprint density at radius 2 is 1.82 bits per heavy atom. The largest absolute Gasteiger partial charge is 0.393 e. The van der Waals surface area contributed by atoms with Gasteiger partial charge >= 0.3 is 0 Å². The highest BCUT2D eigenvalue weighted by atomic mass is 16.5. The molecule has 1 amide bonds. The fourth-order valence-electron chi connectivity index (χ4n) is 4.91. The summed E-state index contributed by atoms with van der Waals surface area (Å²) in [5.41, 5.74) is 2.56. The first-order chi connectivity index (χ1) is 16.6. The number of aliphatic hydroxyl groups excluding tert-OH is 1. The van der Waals surface area contributed by atoms with E-state index < -0.39 is 0 Å². The number of nitrogens with zero attached hydrogens (tertiary/aromatic N) is 2. The molecule has 0 bridgehead atoms. The van der Waals surface area contributed by atoms with Crippen LogP contribution in [0.4, 0.5) is 5.69 Å². The first kappa shape index (κ1) is 22.6. The van der Waals surface area contributed by atoms with Gasteiger partial charge in [0.05, 0.1) is 25.9 Å². The van der Waals surface area contributed by atoms with Gasteiger partial charge in [-0.05, 0) is 73.0 Å². The van der Waals surface area contributed by atoms with Gasteiger partial charge < -0.3 is 24.6 Å². The minimum absolute atomic E-state index is 0.0401. The van der Waals surface area contributed by atoms with E-state index in [4.69, 9.17) is 4.74 Å². The molecule has 1 saturated carbocycles. The molecule has 2 heterocycles. The zero-order valence-electron chi connectivity index (χ0n) is 19.3. The summed E-state index contributed by atoms with van der Waals surface area (Å²) in [5, 5.41) is 14.4. The Balaban J connectivity index is 1.31. The SMILES string of the molecule is O=C(N[C@H]1CC[C@@H](O)CC1)c1cccc(Cn2ccc3cc(N4CCOCC4)ccc3c2=O)c1. The number of carbonyl (C=O) groups is 1. The number of amides is 1. The van der Waals surface area contributed by atoms with Gasteiger partial charge in [0.15, 0.2) is 0 Å². The van der Waals surface area contributed by atoms with Gasteiger partial charge in [-0.2, -0.15) is 0 Å². The number of carbonyl (C=O) groups excluding carboxylic acids is 1. The summed E-state index contributed by atoms with van der Waals surface area (Å²) in [7, 11) is 0. The second-order valence-electron chi connectivity index (χ2n) is 9.30. The van der Waals surface area contributed by atoms with E-state index in [1.54, 1.807) is 10.6 Å². The summed E-state index contributed by atoms with van der Waals surface area (Å²) in [4.78, 5) is 28.2. The lowest BCUT2D eigenvalue weighted by Crippen LogP contribution is -2.38. The van der Waals surface area contributed by atoms with Gasteiger partial charge in [-0.25, -0.2) is 0 Å². The van der Waals surface area contributed by atoms with Gasteiger partial charge in [0, 0.05) is 42.0 Å². The number of rotatable bonds is 5. The number of hydrogen-bond donors (Lipinski definition) is 2. The number of hydrogen-bond acceptors (Lipinski definition) is 5. The third-order valence-electron chi connectivity index (χ3n) is 6.91. The van der Waals surface area contributed by atoms with Crippen LogP contribution in [0.1, 0.15) is 41.6 Å². The maximum Gasteiger partial charge on any atom is 0.258 e. The standard InChI is InChI=1S/C27H31N3O4/c31-24-7-4-22(5-8-24)28-26(32)21-3-1-2-19(16-21)18-30-11-10-20-17-23(6-9-25(20)27(30)33)29-12-14-34-15-13-29/h1-3,6,9-11,16-17,22,24,31H,4-5,7-8,12-15,18H2,(H,28,32)/t22-,24+. The molecule has 1 saturated heterocycles. The number of morpholine rings is 1. The van der Waals surface area contributed by atoms with Crippen LogP contribution in [0.15, 0.2) is 59.5 Å². The molecule has 1 aliphatic carbocycles. The molecule has 7 heteroatoms. The highest BCUT2D eigenvalue weighted by Gasteiger charge is 2.21. The van der Waals surface area contributed by atoms with Crippen molar-refractivity contribution in [2.45, 2.75) is 44.4 Å². The second kappa shape index (κ2) is 9.99. The number of nitrogens with one attached hydrogen (secondary N) is 1. The average molecular weight is 462 g/mol. The van der Waals surface area contributed by atoms with Crippen molar-refractivity contribution in [2.24, 2.45) is 0 Å². The van der Waals surface area contributed by atoms with Crippen LogP contribution in [0.5, 0.6) is 0 Å². The Hall–Kier alpha value is -3.16. The molecule has 1 aliphatic heterocycles. The summed E-state index contributed by atoms with van der Waals surface area (Å²) in [6.07, 6.45) is 4.63. The Morgan fingerprint density at radius 3 is 2.62 bits per heavy atom. The molecule has 2 N–H and O–H groups in total. The van der Waals surface area contributed by atoms with E-state index >= 15 is 0 Å². The number of pyridine rings is 1. The van der Waals surface area contributed by atoms with Gasteiger partial charge in [0.25, 0.3) is 11.5 Å². The Morgan fingerprint density at radius 1 is 1.03 bits per heavy atom. The minimum atomic E-state index is -0.247. The van der Waals surface area contributed by atoms with Crippen molar-refractivity contribution in [3.63, 3.8) is 0 Å². The van der Waals surface area contributed by atoms with E-state index in [2.05, 4.69) is 16.3 Å². The quantitative estimate of drug-likeness (QED) is 0.611. The van der Waals surface area contributed by atoms with Crippen LogP contribution < -0.4 is 15.8 Å². The third kappa shape index (κ3) is 5.00. The molecule has 7 nitrogen and oxygen atoms in total. The summed E-state index contributed by atoms with van der Waals surface area (Å²) in [6.45, 7) is 3.56. The molecule has 0 spiro atoms. The van der Waals surface area contributed by atoms with Crippen molar-refractivity contribution in [1.29, 1.82) is 0 Å². The van der Waals surface area contributed by atoms with Crippen LogP contribution in [0.25, 0.3) is 10.8 Å². The van der Waals surface area contributed by atoms with Gasteiger partial charge in [0.1, 0.15) is 0 Å². The molecule has 2 fully saturated rings. The fourth-order valence-corrected chi connectivity index (χ4v) is 4.91. The first-order valence-electron chi connectivity index (χ1n) is 12.1. The van der Waals surface area contributed by atoms with Gasteiger partial charge in [-0.15, -0.1) is 0 Å². The normalized spacial score (nSPS) is 20.9. The van der Waals surface area contributed by atoms with Crippen LogP contribution in [-0.2, 0) is 11.3 Å². The van der Waals surface area contributed by atoms with E-state index in [0.717, 1.165) is 68.6 Å². The van der Waals surface area contributed by atoms with Crippen molar-refractivity contribution >= 4 is 22.4 Å². The smallest absolute Gasteiger partial charge is 0.258 e. The van der Waals surface area contributed by atoms with E-state index in [1.165, 1.54) is 0 Å². The molecule has 0 unspecified atom stereocenters. The lowest BCUT2D eigenvalue weighted by Gasteiger charge is -2.29. The van der Waals surface area contributed by atoms with Crippen molar-refractivity contribution in [2.75, 3.05) is 31.2 Å². The lowest BCUT2D eigenvalue weighted by molar-refractivity contribution is 0.0867. The zero-order chi connectivity index (χ0) is 23.5. The van der Waals surface area contributed by atoms with Crippen molar-refractivity contribution < 1.29 is 14.6 Å². The average Bonchev–Trinajstić information content (AvgIpc) is 2.87. The van der Waals surface area contributed by atoms with Gasteiger partial charge in [0.2, 0.25) is 0 Å². The Labute approximate surface area is 199 Å². The summed E-state index contributed by atoms with van der Waals surface area (Å²) in [6, 6.07) is 15.5. The molecule has 2 aliphatic rings. The molecule has 178 valence electrons. The first-order valence-corrected chi connectivity index (χ1v) is 12.1. The number of aromatic nitrogens is 1. The van der Waals surface area contributed by atoms with Crippen LogP contribution in [-0.4, -0.2) is 54.0 Å². The minimum Gasteiger partial charge on any atom is -0.393 e. The molecule has 2 aromatic carbocycles. The van der Waals surface area contributed by atoms with Crippen molar-refractivity contribution in [1.82, 2.24) is 9.88 Å². The molecule has 3 aromatic rings.